The molecule has 0 amide bonds. The topological polar surface area (TPSA) is 9.86 Å². The van der Waals surface area contributed by atoms with Gasteiger partial charge in [0.05, 0.1) is 11.0 Å². The molecule has 1 atom stereocenters. The van der Waals surface area contributed by atoms with E-state index in [9.17, 15) is 13.2 Å². The lowest BCUT2D eigenvalue weighted by molar-refractivity contribution is 0.397. The van der Waals surface area contributed by atoms with E-state index in [0.29, 0.717) is 0 Å². The van der Waals surface area contributed by atoms with Gasteiger partial charge in [0.1, 0.15) is 17.8 Å². The molecule has 2 nitrogen and oxygen atoms in total. The highest BCUT2D eigenvalue weighted by Gasteiger charge is 2.23. The molecule has 0 fully saturated rings. The van der Waals surface area contributed by atoms with Crippen LogP contribution in [0, 0.1) is 11.6 Å². The number of benzene rings is 3. The summed E-state index contributed by atoms with van der Waals surface area (Å²) >= 11 is 0. The van der Waals surface area contributed by atoms with E-state index in [1.54, 1.807) is 18.2 Å². The van der Waals surface area contributed by atoms with Gasteiger partial charge in [0.2, 0.25) is 0 Å². The highest BCUT2D eigenvalue weighted by atomic mass is 19.1. The summed E-state index contributed by atoms with van der Waals surface area (Å²) in [7, 11) is 0. The first-order valence-electron chi connectivity index (χ1n) is 16.1. The van der Waals surface area contributed by atoms with E-state index in [1.165, 1.54) is 23.8 Å². The monoisotopic (exact) mass is 606 g/mol. The van der Waals surface area contributed by atoms with Crippen molar-refractivity contribution in [2.24, 2.45) is 0 Å². The first-order chi connectivity index (χ1) is 22.0. The van der Waals surface area contributed by atoms with Gasteiger partial charge < -0.3 is 9.13 Å². The van der Waals surface area contributed by atoms with Gasteiger partial charge in [-0.15, -0.1) is 6.58 Å². The summed E-state index contributed by atoms with van der Waals surface area (Å²) in [6.07, 6.45) is 14.2. The Labute approximate surface area is 264 Å². The van der Waals surface area contributed by atoms with Crippen LogP contribution >= 0.6 is 0 Å². The smallest absolute Gasteiger partial charge is 0.123 e. The fourth-order valence-corrected chi connectivity index (χ4v) is 6.39. The average Bonchev–Trinajstić information content (AvgIpc) is 3.56. The second-order valence-corrected chi connectivity index (χ2v) is 10.8. The molecule has 0 aliphatic heterocycles. The van der Waals surface area contributed by atoms with Crippen LogP contribution in [0.4, 0.5) is 13.2 Å². The number of nitrogens with zero attached hydrogens (tertiary/aromatic N) is 2. The summed E-state index contributed by atoms with van der Waals surface area (Å²) in [6.45, 7) is 11.9. The molecule has 0 N–H and O–H groups in total. The molecule has 2 heterocycles. The number of halogens is 3. The van der Waals surface area contributed by atoms with Crippen LogP contribution in [0.2, 0.25) is 0 Å². The largest absolute Gasteiger partial charge is 0.316 e. The highest BCUT2D eigenvalue weighted by molar-refractivity contribution is 5.94. The Hall–Kier alpha value is -4.51. The van der Waals surface area contributed by atoms with Crippen molar-refractivity contribution in [1.29, 1.82) is 0 Å². The lowest BCUT2D eigenvalue weighted by Crippen LogP contribution is -2.07. The van der Waals surface area contributed by atoms with E-state index < -0.39 is 6.17 Å². The molecule has 5 heteroatoms. The van der Waals surface area contributed by atoms with Gasteiger partial charge in [-0.05, 0) is 115 Å². The fraction of sp³-hybridized carbons (Fsp3) is 0.250. The van der Waals surface area contributed by atoms with Gasteiger partial charge in [-0.2, -0.15) is 0 Å². The van der Waals surface area contributed by atoms with Crippen LogP contribution in [-0.2, 0) is 12.8 Å². The van der Waals surface area contributed by atoms with Crippen molar-refractivity contribution in [2.45, 2.75) is 66.0 Å². The third kappa shape index (κ3) is 6.09. The van der Waals surface area contributed by atoms with E-state index in [4.69, 9.17) is 0 Å². The lowest BCUT2D eigenvalue weighted by atomic mass is 9.99. The maximum Gasteiger partial charge on any atom is 0.123 e. The van der Waals surface area contributed by atoms with Crippen molar-refractivity contribution in [3.05, 3.63) is 125 Å². The summed E-state index contributed by atoms with van der Waals surface area (Å²) < 4.78 is 47.2. The van der Waals surface area contributed by atoms with Crippen LogP contribution in [-0.4, -0.2) is 15.3 Å². The molecule has 5 aromatic rings. The van der Waals surface area contributed by atoms with Crippen molar-refractivity contribution in [3.63, 3.8) is 0 Å². The van der Waals surface area contributed by atoms with Gasteiger partial charge in [-0.25, -0.2) is 13.2 Å². The van der Waals surface area contributed by atoms with Crippen molar-refractivity contribution in [3.8, 4) is 5.69 Å². The first kappa shape index (κ1) is 31.9. The molecule has 232 valence electrons. The van der Waals surface area contributed by atoms with Crippen LogP contribution < -0.4 is 0 Å². The van der Waals surface area contributed by atoms with E-state index in [0.717, 1.165) is 81.3 Å². The standard InChI is InChI=1S/C36H29F3N2.2C2H6/c1-2-3-7-24(22-40-33-15-12-25(37)20-31(33)32-21-26(38)13-16-34(32)40)23-8-6-9-28(18-23)41-35-11-5-4-10-29(35)30-19-27(39)14-17-36(30)41;2*1-2/h2,5-6,8-9,11-20,22,26H,1,3-4,7,10,21H2;2*1-2H3/b24-22+;;. The maximum absolute atomic E-state index is 14.4. The molecule has 0 saturated carbocycles. The minimum absolute atomic E-state index is 0.226. The van der Waals surface area contributed by atoms with E-state index >= 15 is 0 Å². The van der Waals surface area contributed by atoms with Gasteiger partial charge in [-0.3, -0.25) is 0 Å². The van der Waals surface area contributed by atoms with E-state index in [1.807, 2.05) is 52.0 Å². The Balaban J connectivity index is 0.000000963. The minimum atomic E-state index is -1.09. The van der Waals surface area contributed by atoms with Gasteiger partial charge in [0.15, 0.2) is 0 Å². The zero-order valence-corrected chi connectivity index (χ0v) is 26.6. The summed E-state index contributed by atoms with van der Waals surface area (Å²) in [5.41, 5.74) is 8.92. The summed E-state index contributed by atoms with van der Waals surface area (Å²) in [5.74, 6) is -0.562. The predicted octanol–water partition coefficient (Wildman–Crippen LogP) is 11.7. The SMILES string of the molecule is C=CCC/C(=C\n1c2c(c3cc(F)ccc31)CC(F)C=C2)c1cccc(-n2c3c(c4cc(F)ccc42)CCC=C3)c1.CC.CC. The summed E-state index contributed by atoms with van der Waals surface area (Å²) in [6, 6.07) is 18.1. The quantitative estimate of drug-likeness (QED) is 0.170. The molecule has 1 unspecified atom stereocenters. The predicted molar refractivity (Wildman–Crippen MR) is 186 cm³/mol. The Morgan fingerprint density at radius 1 is 0.867 bits per heavy atom. The summed E-state index contributed by atoms with van der Waals surface area (Å²) in [5, 5.41) is 1.69. The zero-order chi connectivity index (χ0) is 32.1. The molecule has 2 aliphatic carbocycles. The van der Waals surface area contributed by atoms with Gasteiger partial charge in [0, 0.05) is 40.5 Å². The fourth-order valence-electron chi connectivity index (χ4n) is 6.39. The van der Waals surface area contributed by atoms with Crippen molar-refractivity contribution < 1.29 is 13.2 Å². The molecule has 0 spiro atoms. The lowest BCUT2D eigenvalue weighted by Gasteiger charge is -2.16. The van der Waals surface area contributed by atoms with Crippen LogP contribution in [0.5, 0.6) is 0 Å². The number of aryl methyl sites for hydroxylation is 1. The highest BCUT2D eigenvalue weighted by Crippen LogP contribution is 2.37. The van der Waals surface area contributed by atoms with E-state index in [2.05, 4.69) is 52.3 Å². The Kier molecular flexibility index (Phi) is 9.97. The third-order valence-corrected chi connectivity index (χ3v) is 8.26. The van der Waals surface area contributed by atoms with Crippen molar-refractivity contribution in [1.82, 2.24) is 9.13 Å². The maximum atomic E-state index is 14.4. The number of hydrogen-bond acceptors (Lipinski definition) is 0. The van der Waals surface area contributed by atoms with Crippen LogP contribution in [0.1, 0.15) is 75.0 Å². The molecule has 45 heavy (non-hydrogen) atoms. The van der Waals surface area contributed by atoms with Gasteiger partial charge in [-0.1, -0.05) is 52.0 Å². The number of fused-ring (bicyclic) bond motifs is 6. The minimum Gasteiger partial charge on any atom is -0.316 e. The van der Waals surface area contributed by atoms with Gasteiger partial charge >= 0.3 is 0 Å². The van der Waals surface area contributed by atoms with Crippen molar-refractivity contribution in [2.75, 3.05) is 0 Å². The molecule has 0 saturated heterocycles. The normalized spacial score (nSPS) is 15.2. The van der Waals surface area contributed by atoms with Crippen LogP contribution in [0.15, 0.2) is 85.5 Å². The Morgan fingerprint density at radius 2 is 1.58 bits per heavy atom. The molecule has 3 aromatic carbocycles. The Bertz CT molecular complexity index is 1930. The number of alkyl halides is 1. The number of rotatable bonds is 6. The van der Waals surface area contributed by atoms with E-state index in [-0.39, 0.29) is 18.1 Å². The number of hydrogen-bond donors (Lipinski definition) is 0. The van der Waals surface area contributed by atoms with Crippen LogP contribution in [0.25, 0.3) is 51.4 Å². The molecule has 2 aliphatic rings. The van der Waals surface area contributed by atoms with Crippen molar-refractivity contribution >= 4 is 45.7 Å². The summed E-state index contributed by atoms with van der Waals surface area (Å²) in [4.78, 5) is 0. The molecule has 7 rings (SSSR count). The molecule has 0 bridgehead atoms. The molecule has 2 aromatic heterocycles. The van der Waals surface area contributed by atoms with Gasteiger partial charge in [0.25, 0.3) is 0 Å². The number of allylic oxidation sites excluding steroid dienone is 4. The van der Waals surface area contributed by atoms with Crippen LogP contribution in [0.3, 0.4) is 0 Å². The second-order valence-electron chi connectivity index (χ2n) is 10.8. The molecular formula is C40H41F3N2. The Morgan fingerprint density at radius 3 is 2.31 bits per heavy atom. The zero-order valence-electron chi connectivity index (χ0n) is 26.6. The first-order valence-corrected chi connectivity index (χ1v) is 16.1. The molecule has 0 radical (unpaired) electrons. The number of aromatic nitrogens is 2. The molecular weight excluding hydrogens is 565 g/mol. The second kappa shape index (κ2) is 14.1. The average molecular weight is 607 g/mol. The third-order valence-electron chi connectivity index (χ3n) is 8.26.